The number of pyridine rings is 1. The molecule has 0 bridgehead atoms. The number of alkyl halides is 3. The Morgan fingerprint density at radius 2 is 1.88 bits per heavy atom. The van der Waals surface area contributed by atoms with Gasteiger partial charge >= 0.3 is 6.18 Å². The maximum atomic E-state index is 12.7. The fraction of sp³-hybridized carbons (Fsp3) is 0.350. The lowest BCUT2D eigenvalue weighted by atomic mass is 10.0. The topological polar surface area (TPSA) is 37.0 Å². The highest BCUT2D eigenvalue weighted by molar-refractivity contribution is 5.38. The van der Waals surface area contributed by atoms with Crippen molar-refractivity contribution < 1.29 is 13.2 Å². The first-order chi connectivity index (χ1) is 12.3. The van der Waals surface area contributed by atoms with Crippen LogP contribution in [0.25, 0.3) is 0 Å². The Hall–Kier alpha value is -2.50. The van der Waals surface area contributed by atoms with Gasteiger partial charge in [-0.1, -0.05) is 25.1 Å². The molecule has 2 rings (SSSR count). The second-order valence-corrected chi connectivity index (χ2v) is 6.10. The summed E-state index contributed by atoms with van der Waals surface area (Å²) in [6.07, 6.45) is 0.903. The molecule has 0 radical (unpaired) electrons. The molecule has 0 aliphatic rings. The molecule has 0 aliphatic heterocycles. The number of hydrogen-bond acceptors (Lipinski definition) is 3. The van der Waals surface area contributed by atoms with E-state index >= 15 is 0 Å². The molecular weight excluding hydrogens is 339 g/mol. The summed E-state index contributed by atoms with van der Waals surface area (Å²) in [4.78, 5) is 4.21. The summed E-state index contributed by atoms with van der Waals surface area (Å²) < 4.78 is 38.1. The van der Waals surface area contributed by atoms with E-state index in [1.165, 1.54) is 12.1 Å². The van der Waals surface area contributed by atoms with Gasteiger partial charge in [-0.25, -0.2) is 4.98 Å². The van der Waals surface area contributed by atoms with Gasteiger partial charge < -0.3 is 10.6 Å². The van der Waals surface area contributed by atoms with Crippen molar-refractivity contribution in [2.45, 2.75) is 38.9 Å². The molecule has 0 saturated carbocycles. The molecule has 1 aromatic heterocycles. The summed E-state index contributed by atoms with van der Waals surface area (Å²) in [6, 6.07) is 9.29. The van der Waals surface area contributed by atoms with E-state index in [0.717, 1.165) is 41.2 Å². The lowest BCUT2D eigenvalue weighted by molar-refractivity contribution is -0.137. The molecule has 26 heavy (non-hydrogen) atoms. The molecule has 1 atom stereocenters. The fourth-order valence-corrected chi connectivity index (χ4v) is 2.67. The van der Waals surface area contributed by atoms with Crippen LogP contribution in [-0.2, 0) is 12.6 Å². The molecule has 0 amide bonds. The molecule has 1 aromatic carbocycles. The van der Waals surface area contributed by atoms with Crippen LogP contribution in [0, 0.1) is 0 Å². The Labute approximate surface area is 152 Å². The van der Waals surface area contributed by atoms with Crippen molar-refractivity contribution in [3.05, 3.63) is 71.1 Å². The number of rotatable bonds is 7. The van der Waals surface area contributed by atoms with Crippen molar-refractivity contribution in [3.8, 4) is 0 Å². The van der Waals surface area contributed by atoms with E-state index in [9.17, 15) is 13.2 Å². The minimum Gasteiger partial charge on any atom is -0.382 e. The van der Waals surface area contributed by atoms with Gasteiger partial charge in [0.25, 0.3) is 0 Å². The molecular formula is C20H24F3N3. The van der Waals surface area contributed by atoms with Crippen LogP contribution in [0.3, 0.4) is 0 Å². The van der Waals surface area contributed by atoms with Gasteiger partial charge in [0, 0.05) is 31.4 Å². The highest BCUT2D eigenvalue weighted by Crippen LogP contribution is 2.29. The molecule has 140 valence electrons. The Balaban J connectivity index is 2.10. The van der Waals surface area contributed by atoms with Crippen LogP contribution in [0.1, 0.15) is 43.0 Å². The smallest absolute Gasteiger partial charge is 0.382 e. The van der Waals surface area contributed by atoms with Crippen LogP contribution in [-0.4, -0.2) is 12.0 Å². The summed E-state index contributed by atoms with van der Waals surface area (Å²) in [6.45, 7) is 4.08. The highest BCUT2D eigenvalue weighted by Gasteiger charge is 2.29. The van der Waals surface area contributed by atoms with Crippen LogP contribution < -0.4 is 10.6 Å². The van der Waals surface area contributed by atoms with Gasteiger partial charge in [0.1, 0.15) is 5.82 Å². The minimum absolute atomic E-state index is 0.0531. The van der Waals surface area contributed by atoms with Crippen LogP contribution in [0.2, 0.25) is 0 Å². The van der Waals surface area contributed by atoms with Gasteiger partial charge in [0.2, 0.25) is 0 Å². The van der Waals surface area contributed by atoms with Gasteiger partial charge in [-0.2, -0.15) is 13.2 Å². The number of hydrogen-bond donors (Lipinski definition) is 2. The minimum atomic E-state index is -4.31. The lowest BCUT2D eigenvalue weighted by Crippen LogP contribution is -2.20. The largest absolute Gasteiger partial charge is 0.416 e. The third kappa shape index (κ3) is 5.51. The predicted molar refractivity (Wildman–Crippen MR) is 98.9 cm³/mol. The Morgan fingerprint density at radius 3 is 2.46 bits per heavy atom. The van der Waals surface area contributed by atoms with Crippen molar-refractivity contribution in [3.63, 3.8) is 0 Å². The zero-order chi connectivity index (χ0) is 19.2. The number of halogens is 3. The average Bonchev–Trinajstić information content (AvgIpc) is 2.61. The van der Waals surface area contributed by atoms with Gasteiger partial charge in [-0.15, -0.1) is 0 Å². The molecule has 6 heteroatoms. The zero-order valence-corrected chi connectivity index (χ0v) is 15.2. The predicted octanol–water partition coefficient (Wildman–Crippen LogP) is 5.33. The van der Waals surface area contributed by atoms with E-state index in [0.29, 0.717) is 6.42 Å². The monoisotopic (exact) mass is 363 g/mol. The normalized spacial score (nSPS) is 13.4. The fourth-order valence-electron chi connectivity index (χ4n) is 2.67. The molecule has 1 heterocycles. The van der Waals surface area contributed by atoms with Crippen LogP contribution >= 0.6 is 0 Å². The molecule has 0 saturated heterocycles. The summed E-state index contributed by atoms with van der Waals surface area (Å²) in [5.74, 6) is 0.792. The molecule has 0 aliphatic carbocycles. The summed E-state index contributed by atoms with van der Waals surface area (Å²) in [7, 11) is 1.82. The Kier molecular flexibility index (Phi) is 6.66. The van der Waals surface area contributed by atoms with E-state index in [1.807, 2.05) is 33.0 Å². The second-order valence-electron chi connectivity index (χ2n) is 6.10. The lowest BCUT2D eigenvalue weighted by Gasteiger charge is -2.19. The highest BCUT2D eigenvalue weighted by atomic mass is 19.4. The van der Waals surface area contributed by atoms with Crippen molar-refractivity contribution in [2.75, 3.05) is 12.4 Å². The number of nitrogens with one attached hydrogen (secondary N) is 2. The SMILES string of the molecule is CC/C=C(\Cc1ccc(C(F)(F)F)cc1)NC(C)c1ccnc(NC)c1. The third-order valence-corrected chi connectivity index (χ3v) is 4.07. The number of aromatic nitrogens is 1. The van der Waals surface area contributed by atoms with Gasteiger partial charge in [-0.05, 0) is 48.7 Å². The molecule has 0 fully saturated rings. The third-order valence-electron chi connectivity index (χ3n) is 4.07. The number of allylic oxidation sites excluding steroid dienone is 2. The first kappa shape index (κ1) is 19.8. The van der Waals surface area contributed by atoms with Crippen molar-refractivity contribution in [1.29, 1.82) is 0 Å². The summed E-state index contributed by atoms with van der Waals surface area (Å²) in [5, 5.41) is 6.47. The van der Waals surface area contributed by atoms with Crippen LogP contribution in [0.4, 0.5) is 19.0 Å². The molecule has 3 nitrogen and oxygen atoms in total. The first-order valence-electron chi connectivity index (χ1n) is 8.59. The Morgan fingerprint density at radius 1 is 1.19 bits per heavy atom. The first-order valence-corrected chi connectivity index (χ1v) is 8.59. The summed E-state index contributed by atoms with van der Waals surface area (Å²) in [5.41, 5.74) is 2.28. The number of anilines is 1. The average molecular weight is 363 g/mol. The Bertz CT molecular complexity index is 737. The van der Waals surface area contributed by atoms with E-state index in [4.69, 9.17) is 0 Å². The quantitative estimate of drug-likeness (QED) is 0.698. The van der Waals surface area contributed by atoms with Crippen LogP contribution in [0.5, 0.6) is 0 Å². The zero-order valence-electron chi connectivity index (χ0n) is 15.2. The maximum absolute atomic E-state index is 12.7. The summed E-state index contributed by atoms with van der Waals surface area (Å²) >= 11 is 0. The number of nitrogens with zero attached hydrogens (tertiary/aromatic N) is 1. The van der Waals surface area contributed by atoms with E-state index in [1.54, 1.807) is 6.20 Å². The van der Waals surface area contributed by atoms with Gasteiger partial charge in [-0.3, -0.25) is 0 Å². The molecule has 1 unspecified atom stereocenters. The molecule has 2 aromatic rings. The maximum Gasteiger partial charge on any atom is 0.416 e. The van der Waals surface area contributed by atoms with Crippen molar-refractivity contribution in [1.82, 2.24) is 10.3 Å². The van der Waals surface area contributed by atoms with E-state index in [-0.39, 0.29) is 6.04 Å². The second kappa shape index (κ2) is 8.74. The van der Waals surface area contributed by atoms with E-state index in [2.05, 4.69) is 21.7 Å². The molecule has 0 spiro atoms. The van der Waals surface area contributed by atoms with E-state index < -0.39 is 11.7 Å². The molecule has 2 N–H and O–H groups in total. The van der Waals surface area contributed by atoms with Crippen molar-refractivity contribution in [2.24, 2.45) is 0 Å². The van der Waals surface area contributed by atoms with Crippen LogP contribution in [0.15, 0.2) is 54.4 Å². The van der Waals surface area contributed by atoms with Gasteiger partial charge in [0.05, 0.1) is 5.56 Å². The number of benzene rings is 1. The standard InChI is InChI=1S/C20H24F3N3/c1-4-5-18(12-15-6-8-17(9-7-15)20(21,22)23)26-14(2)16-10-11-25-19(13-16)24-3/h5-11,13-14,26H,4,12H2,1-3H3,(H,24,25)/b18-5+. The van der Waals surface area contributed by atoms with Crippen molar-refractivity contribution >= 4 is 5.82 Å². The van der Waals surface area contributed by atoms with Gasteiger partial charge in [0.15, 0.2) is 0 Å².